The van der Waals surface area contributed by atoms with Crippen LogP contribution in [0.15, 0.2) is 24.3 Å². The van der Waals surface area contributed by atoms with E-state index in [9.17, 15) is 5.11 Å². The molecule has 1 aromatic rings. The second-order valence-electron chi connectivity index (χ2n) is 6.21. The molecular weight excluding hydrogens is 260 g/mol. The zero-order valence-corrected chi connectivity index (χ0v) is 13.5. The lowest BCUT2D eigenvalue weighted by atomic mass is 10.1. The van der Waals surface area contributed by atoms with Crippen molar-refractivity contribution in [3.05, 3.63) is 29.8 Å². The second-order valence-corrected chi connectivity index (χ2v) is 6.21. The first kappa shape index (κ1) is 16.3. The van der Waals surface area contributed by atoms with Crippen LogP contribution in [0.25, 0.3) is 0 Å². The topological polar surface area (TPSA) is 35.5 Å². The quantitative estimate of drug-likeness (QED) is 0.807. The highest BCUT2D eigenvalue weighted by Gasteiger charge is 2.12. The minimum atomic E-state index is -0.231. The Morgan fingerprint density at radius 3 is 2.43 bits per heavy atom. The van der Waals surface area contributed by atoms with Crippen molar-refractivity contribution in [2.45, 2.75) is 58.1 Å². The first-order chi connectivity index (χ1) is 10.2. The maximum absolute atomic E-state index is 9.79. The fourth-order valence-corrected chi connectivity index (χ4v) is 2.99. The fraction of sp³-hybridized carbons (Fsp3) is 0.667. The smallest absolute Gasteiger partial charge is 0.0664 e. The van der Waals surface area contributed by atoms with Gasteiger partial charge in [-0.05, 0) is 50.3 Å². The summed E-state index contributed by atoms with van der Waals surface area (Å²) in [5.41, 5.74) is 2.64. The van der Waals surface area contributed by atoms with E-state index in [1.165, 1.54) is 43.6 Å². The minimum Gasteiger partial charge on any atom is -0.392 e. The predicted octanol–water partition coefficient (Wildman–Crippen LogP) is 3.49. The van der Waals surface area contributed by atoms with Crippen LogP contribution >= 0.6 is 0 Å². The number of anilines is 1. The summed E-state index contributed by atoms with van der Waals surface area (Å²) in [5.74, 6) is 0. The van der Waals surface area contributed by atoms with E-state index in [2.05, 4.69) is 48.3 Å². The SMILES string of the molecule is CCCC(O)CNC(C)c1ccc(N2CCCCC2)cc1. The molecule has 2 rings (SSSR count). The fourth-order valence-electron chi connectivity index (χ4n) is 2.99. The van der Waals surface area contributed by atoms with Crippen molar-refractivity contribution in [2.24, 2.45) is 0 Å². The molecule has 0 bridgehead atoms. The number of nitrogens with one attached hydrogen (secondary N) is 1. The van der Waals surface area contributed by atoms with Crippen molar-refractivity contribution >= 4 is 5.69 Å². The van der Waals surface area contributed by atoms with Gasteiger partial charge in [-0.25, -0.2) is 0 Å². The molecule has 2 atom stereocenters. The largest absolute Gasteiger partial charge is 0.392 e. The van der Waals surface area contributed by atoms with Gasteiger partial charge in [0.2, 0.25) is 0 Å². The molecule has 0 spiro atoms. The average Bonchev–Trinajstić information content (AvgIpc) is 2.54. The summed E-state index contributed by atoms with van der Waals surface area (Å²) in [6, 6.07) is 9.19. The Hall–Kier alpha value is -1.06. The molecule has 1 aliphatic rings. The van der Waals surface area contributed by atoms with Gasteiger partial charge in [0.15, 0.2) is 0 Å². The molecule has 1 heterocycles. The number of aliphatic hydroxyl groups excluding tert-OH is 1. The summed E-state index contributed by atoms with van der Waals surface area (Å²) in [5, 5.41) is 13.2. The summed E-state index contributed by atoms with van der Waals surface area (Å²) in [7, 11) is 0. The third-order valence-corrected chi connectivity index (χ3v) is 4.40. The van der Waals surface area contributed by atoms with Crippen molar-refractivity contribution in [3.63, 3.8) is 0 Å². The molecule has 3 nitrogen and oxygen atoms in total. The summed E-state index contributed by atoms with van der Waals surface area (Å²) in [6.07, 6.45) is 5.67. The van der Waals surface area contributed by atoms with Crippen LogP contribution in [0.1, 0.15) is 57.6 Å². The highest BCUT2D eigenvalue weighted by molar-refractivity contribution is 5.48. The van der Waals surface area contributed by atoms with Gasteiger partial charge in [-0.2, -0.15) is 0 Å². The van der Waals surface area contributed by atoms with Crippen LogP contribution in [0.2, 0.25) is 0 Å². The Balaban J connectivity index is 1.85. The van der Waals surface area contributed by atoms with Gasteiger partial charge in [-0.3, -0.25) is 0 Å². The van der Waals surface area contributed by atoms with E-state index < -0.39 is 0 Å². The predicted molar refractivity (Wildman–Crippen MR) is 89.8 cm³/mol. The molecule has 2 N–H and O–H groups in total. The number of nitrogens with zero attached hydrogens (tertiary/aromatic N) is 1. The van der Waals surface area contributed by atoms with E-state index in [-0.39, 0.29) is 12.1 Å². The van der Waals surface area contributed by atoms with E-state index in [0.29, 0.717) is 6.54 Å². The molecule has 21 heavy (non-hydrogen) atoms. The minimum absolute atomic E-state index is 0.231. The van der Waals surface area contributed by atoms with Crippen molar-refractivity contribution in [1.82, 2.24) is 5.32 Å². The lowest BCUT2D eigenvalue weighted by molar-refractivity contribution is 0.157. The monoisotopic (exact) mass is 290 g/mol. The normalized spacial score (nSPS) is 18.5. The van der Waals surface area contributed by atoms with E-state index in [4.69, 9.17) is 0 Å². The van der Waals surface area contributed by atoms with Crippen LogP contribution in [0, 0.1) is 0 Å². The zero-order chi connectivity index (χ0) is 15.1. The lowest BCUT2D eigenvalue weighted by Gasteiger charge is -2.29. The Bertz CT molecular complexity index is 398. The maximum Gasteiger partial charge on any atom is 0.0664 e. The maximum atomic E-state index is 9.79. The van der Waals surface area contributed by atoms with Crippen molar-refractivity contribution < 1.29 is 5.11 Å². The molecule has 0 radical (unpaired) electrons. The van der Waals surface area contributed by atoms with Crippen molar-refractivity contribution in [3.8, 4) is 0 Å². The molecule has 2 unspecified atom stereocenters. The number of piperidine rings is 1. The molecule has 1 fully saturated rings. The van der Waals surface area contributed by atoms with Crippen LogP contribution in [0.5, 0.6) is 0 Å². The van der Waals surface area contributed by atoms with Crippen LogP contribution in [0.4, 0.5) is 5.69 Å². The summed E-state index contributed by atoms with van der Waals surface area (Å²) in [6.45, 7) is 7.32. The van der Waals surface area contributed by atoms with Crippen LogP contribution in [-0.2, 0) is 0 Å². The van der Waals surface area contributed by atoms with Gasteiger partial charge in [0, 0.05) is 31.4 Å². The molecule has 0 saturated carbocycles. The molecule has 1 aromatic carbocycles. The van der Waals surface area contributed by atoms with Crippen LogP contribution in [-0.4, -0.2) is 30.8 Å². The second kappa shape index (κ2) is 8.40. The van der Waals surface area contributed by atoms with Gasteiger partial charge < -0.3 is 15.3 Å². The number of aliphatic hydroxyl groups is 1. The number of hydrogen-bond acceptors (Lipinski definition) is 3. The van der Waals surface area contributed by atoms with E-state index in [1.54, 1.807) is 0 Å². The van der Waals surface area contributed by atoms with E-state index in [0.717, 1.165) is 12.8 Å². The number of rotatable bonds is 7. The number of hydrogen-bond donors (Lipinski definition) is 2. The molecule has 3 heteroatoms. The molecule has 1 aliphatic heterocycles. The first-order valence-electron chi connectivity index (χ1n) is 8.47. The molecule has 118 valence electrons. The standard InChI is InChI=1S/C18H30N2O/c1-3-7-18(21)14-19-15(2)16-8-10-17(11-9-16)20-12-5-4-6-13-20/h8-11,15,18-19,21H,3-7,12-14H2,1-2H3. The third kappa shape index (κ3) is 5.01. The number of benzene rings is 1. The van der Waals surface area contributed by atoms with Gasteiger partial charge in [0.1, 0.15) is 0 Å². The first-order valence-corrected chi connectivity index (χ1v) is 8.47. The van der Waals surface area contributed by atoms with E-state index in [1.807, 2.05) is 0 Å². The van der Waals surface area contributed by atoms with Crippen molar-refractivity contribution in [2.75, 3.05) is 24.5 Å². The van der Waals surface area contributed by atoms with Crippen molar-refractivity contribution in [1.29, 1.82) is 0 Å². The molecular formula is C18H30N2O. The highest BCUT2D eigenvalue weighted by atomic mass is 16.3. The van der Waals surface area contributed by atoms with E-state index >= 15 is 0 Å². The summed E-state index contributed by atoms with van der Waals surface area (Å²) in [4.78, 5) is 2.48. The van der Waals surface area contributed by atoms with Gasteiger partial charge >= 0.3 is 0 Å². The molecule has 1 saturated heterocycles. The van der Waals surface area contributed by atoms with Crippen LogP contribution < -0.4 is 10.2 Å². The van der Waals surface area contributed by atoms with Gasteiger partial charge in [-0.1, -0.05) is 25.5 Å². The average molecular weight is 290 g/mol. The van der Waals surface area contributed by atoms with Crippen LogP contribution in [0.3, 0.4) is 0 Å². The summed E-state index contributed by atoms with van der Waals surface area (Å²) >= 11 is 0. The van der Waals surface area contributed by atoms with Gasteiger partial charge in [-0.15, -0.1) is 0 Å². The third-order valence-electron chi connectivity index (χ3n) is 4.40. The highest BCUT2D eigenvalue weighted by Crippen LogP contribution is 2.22. The Morgan fingerprint density at radius 2 is 1.81 bits per heavy atom. The molecule has 0 amide bonds. The zero-order valence-electron chi connectivity index (χ0n) is 13.5. The van der Waals surface area contributed by atoms with Gasteiger partial charge in [0.25, 0.3) is 0 Å². The molecule has 0 aromatic heterocycles. The lowest BCUT2D eigenvalue weighted by Crippen LogP contribution is -2.30. The Morgan fingerprint density at radius 1 is 1.14 bits per heavy atom. The Kier molecular flexibility index (Phi) is 6.52. The Labute approximate surface area is 129 Å². The molecule has 0 aliphatic carbocycles. The van der Waals surface area contributed by atoms with Gasteiger partial charge in [0.05, 0.1) is 6.10 Å². The summed E-state index contributed by atoms with van der Waals surface area (Å²) < 4.78 is 0.